The third-order valence-electron chi connectivity index (χ3n) is 8.00. The van der Waals surface area contributed by atoms with Crippen LogP contribution < -0.4 is 11.1 Å². The fourth-order valence-electron chi connectivity index (χ4n) is 6.32. The first kappa shape index (κ1) is 24.8. The van der Waals surface area contributed by atoms with Gasteiger partial charge in [0, 0.05) is 32.3 Å². The van der Waals surface area contributed by atoms with Crippen LogP contribution in [0.3, 0.4) is 0 Å². The monoisotopic (exact) mass is 576 g/mol. The van der Waals surface area contributed by atoms with E-state index in [9.17, 15) is 35.9 Å². The maximum atomic E-state index is 14.0. The summed E-state index contributed by atoms with van der Waals surface area (Å²) in [5.74, 6) is 0. The molecule has 0 aliphatic carbocycles. The number of aryl methyl sites for hydroxylation is 2. The highest BCUT2D eigenvalue weighted by atomic mass is 19.4. The summed E-state index contributed by atoms with van der Waals surface area (Å²) in [6.07, 6.45) is -10.3. The molecule has 0 atom stereocenters. The predicted molar refractivity (Wildman–Crippen MR) is 146 cm³/mol. The molecule has 12 heteroatoms. The topological polar surface area (TPSA) is 68.7 Å². The summed E-state index contributed by atoms with van der Waals surface area (Å²) < 4.78 is 85.1. The second kappa shape index (κ2) is 7.44. The molecule has 0 radical (unpaired) electrons. The van der Waals surface area contributed by atoms with Gasteiger partial charge in [0.05, 0.1) is 27.7 Å². The molecule has 0 fully saturated rings. The van der Waals surface area contributed by atoms with Crippen molar-refractivity contribution in [2.45, 2.75) is 26.2 Å². The lowest BCUT2D eigenvalue weighted by molar-refractivity contribution is -0.142. The Hall–Kier alpha value is -5.00. The molecule has 0 bridgehead atoms. The van der Waals surface area contributed by atoms with Crippen LogP contribution in [0.25, 0.3) is 65.7 Å². The number of rotatable bonds is 0. The molecule has 8 rings (SSSR count). The number of pyridine rings is 2. The molecule has 0 aliphatic rings. The first-order valence-electron chi connectivity index (χ1n) is 12.7. The van der Waals surface area contributed by atoms with E-state index in [0.29, 0.717) is 33.5 Å². The van der Waals surface area contributed by atoms with Gasteiger partial charge in [-0.2, -0.15) is 26.3 Å². The smallest absolute Gasteiger partial charge is 0.268 e. The Labute approximate surface area is 228 Å². The van der Waals surface area contributed by atoms with Crippen LogP contribution in [0.1, 0.15) is 22.3 Å². The molecule has 0 amide bonds. The fraction of sp³-hybridized carbons (Fsp3) is 0.133. The van der Waals surface area contributed by atoms with Crippen LogP contribution >= 0.6 is 0 Å². The van der Waals surface area contributed by atoms with Crippen LogP contribution in [0, 0.1) is 13.8 Å². The van der Waals surface area contributed by atoms with E-state index in [-0.39, 0.29) is 33.3 Å². The Morgan fingerprint density at radius 2 is 1.12 bits per heavy atom. The Bertz CT molecular complexity index is 2620. The van der Waals surface area contributed by atoms with Gasteiger partial charge in [0.1, 0.15) is 16.8 Å². The normalized spacial score (nSPS) is 13.4. The molecule has 0 aliphatic heterocycles. The van der Waals surface area contributed by atoms with Crippen molar-refractivity contribution in [1.29, 1.82) is 0 Å². The van der Waals surface area contributed by atoms with Crippen molar-refractivity contribution in [1.82, 2.24) is 18.8 Å². The molecule has 42 heavy (non-hydrogen) atoms. The second-order valence-corrected chi connectivity index (χ2v) is 10.6. The minimum Gasteiger partial charge on any atom is -0.268 e. The zero-order valence-electron chi connectivity index (χ0n) is 21.5. The Kier molecular flexibility index (Phi) is 4.39. The third kappa shape index (κ3) is 2.96. The van der Waals surface area contributed by atoms with Gasteiger partial charge < -0.3 is 0 Å². The minimum atomic E-state index is -5.17. The number of aromatic nitrogens is 4. The Morgan fingerprint density at radius 1 is 0.619 bits per heavy atom. The van der Waals surface area contributed by atoms with Crippen LogP contribution in [-0.2, 0) is 12.4 Å². The lowest BCUT2D eigenvalue weighted by atomic mass is 9.96. The summed E-state index contributed by atoms with van der Waals surface area (Å²) >= 11 is 0. The fourth-order valence-corrected chi connectivity index (χ4v) is 6.32. The molecule has 8 aromatic rings. The molecule has 0 unspecified atom stereocenters. The van der Waals surface area contributed by atoms with E-state index in [0.717, 1.165) is 15.5 Å². The number of hydrogen-bond donors (Lipinski definition) is 0. The van der Waals surface area contributed by atoms with Crippen molar-refractivity contribution in [3.05, 3.63) is 91.5 Å². The van der Waals surface area contributed by atoms with Gasteiger partial charge in [0.25, 0.3) is 11.1 Å². The first-order chi connectivity index (χ1) is 19.8. The van der Waals surface area contributed by atoms with E-state index in [2.05, 4.69) is 4.98 Å². The lowest BCUT2D eigenvalue weighted by Gasteiger charge is -2.13. The summed E-state index contributed by atoms with van der Waals surface area (Å²) in [4.78, 5) is 36.5. The van der Waals surface area contributed by atoms with Crippen molar-refractivity contribution in [3.8, 4) is 0 Å². The summed E-state index contributed by atoms with van der Waals surface area (Å²) in [5, 5.41) is 1.68. The number of hydrogen-bond acceptors (Lipinski definition) is 4. The highest BCUT2D eigenvalue weighted by molar-refractivity contribution is 6.27. The van der Waals surface area contributed by atoms with Gasteiger partial charge in [-0.05, 0) is 67.4 Å². The number of imidazole rings is 2. The van der Waals surface area contributed by atoms with E-state index in [1.165, 1.54) is 16.5 Å². The Morgan fingerprint density at radius 3 is 1.64 bits per heavy atom. The summed E-state index contributed by atoms with van der Waals surface area (Å²) in [6.45, 7) is 3.78. The maximum Gasteiger partial charge on any atom is 0.418 e. The molecule has 4 aromatic carbocycles. The van der Waals surface area contributed by atoms with Crippen LogP contribution in [-0.4, -0.2) is 18.8 Å². The largest absolute Gasteiger partial charge is 0.418 e. The molecule has 4 heterocycles. The highest BCUT2D eigenvalue weighted by Crippen LogP contribution is 2.42. The van der Waals surface area contributed by atoms with Crippen molar-refractivity contribution in [3.63, 3.8) is 0 Å². The molecular formula is C30H14F6N4O2. The van der Waals surface area contributed by atoms with Gasteiger partial charge in [-0.25, -0.2) is 9.97 Å². The van der Waals surface area contributed by atoms with Gasteiger partial charge in [0.2, 0.25) is 0 Å². The van der Waals surface area contributed by atoms with E-state index >= 15 is 0 Å². The van der Waals surface area contributed by atoms with Crippen LogP contribution in [0.5, 0.6) is 0 Å². The number of benzene rings is 4. The molecule has 6 nitrogen and oxygen atoms in total. The average molecular weight is 576 g/mol. The van der Waals surface area contributed by atoms with Crippen LogP contribution in [0.4, 0.5) is 26.3 Å². The second-order valence-electron chi connectivity index (χ2n) is 10.6. The minimum absolute atomic E-state index is 0.000942. The number of alkyl halides is 6. The van der Waals surface area contributed by atoms with Gasteiger partial charge in [-0.15, -0.1) is 0 Å². The van der Waals surface area contributed by atoms with Crippen molar-refractivity contribution in [2.24, 2.45) is 0 Å². The zero-order chi connectivity index (χ0) is 29.6. The molecular weight excluding hydrogens is 562 g/mol. The van der Waals surface area contributed by atoms with E-state index < -0.39 is 45.6 Å². The number of fused-ring (bicyclic) bond motifs is 8. The van der Waals surface area contributed by atoms with Gasteiger partial charge in [-0.1, -0.05) is 6.07 Å². The third-order valence-corrected chi connectivity index (χ3v) is 8.00. The van der Waals surface area contributed by atoms with Crippen molar-refractivity contribution < 1.29 is 26.3 Å². The average Bonchev–Trinajstić information content (AvgIpc) is 3.48. The summed E-state index contributed by atoms with van der Waals surface area (Å²) in [5.41, 5.74) is -2.65. The maximum absolute atomic E-state index is 14.0. The molecule has 0 spiro atoms. The van der Waals surface area contributed by atoms with Crippen molar-refractivity contribution >= 4 is 65.7 Å². The molecule has 208 valence electrons. The van der Waals surface area contributed by atoms with Gasteiger partial charge in [0.15, 0.2) is 0 Å². The number of halogens is 6. The van der Waals surface area contributed by atoms with Crippen molar-refractivity contribution in [2.75, 3.05) is 0 Å². The van der Waals surface area contributed by atoms with E-state index in [4.69, 9.17) is 4.98 Å². The lowest BCUT2D eigenvalue weighted by Crippen LogP contribution is -2.17. The summed E-state index contributed by atoms with van der Waals surface area (Å²) in [6, 6.07) is 10.3. The van der Waals surface area contributed by atoms with Gasteiger partial charge in [-0.3, -0.25) is 18.4 Å². The van der Waals surface area contributed by atoms with Crippen LogP contribution in [0.2, 0.25) is 0 Å². The Balaban J connectivity index is 1.62. The summed E-state index contributed by atoms with van der Waals surface area (Å²) in [7, 11) is 0. The molecule has 0 saturated heterocycles. The number of nitrogens with zero attached hydrogens (tertiary/aromatic N) is 4. The van der Waals surface area contributed by atoms with E-state index in [1.54, 1.807) is 12.1 Å². The first-order valence-corrected chi connectivity index (χ1v) is 12.7. The van der Waals surface area contributed by atoms with E-state index in [1.807, 2.05) is 26.0 Å². The SMILES string of the molecule is Cc1cc(C)c2nc3c4ccc5c6c(ccc(c(=O)n3c2c1)c46)c(=O)n1c2cc(C(F)(F)F)cc(C(F)(F)F)c2nc51. The molecule has 4 aromatic heterocycles. The highest BCUT2D eigenvalue weighted by Gasteiger charge is 2.40. The van der Waals surface area contributed by atoms with Crippen LogP contribution in [0.15, 0.2) is 58.1 Å². The zero-order valence-corrected chi connectivity index (χ0v) is 21.5. The predicted octanol–water partition coefficient (Wildman–Crippen LogP) is 7.00. The van der Waals surface area contributed by atoms with Gasteiger partial charge >= 0.3 is 12.4 Å². The quantitative estimate of drug-likeness (QED) is 0.144. The molecule has 0 N–H and O–H groups in total. The standard InChI is InChI=1S/C30H14F6N4O2/c1-11-7-12(2)23-19(8-11)39-25(37-23)14-3-4-15-22-17(6-5-16(21(14)22)27(39)41)28(42)40-20-10-13(29(31,32)33)9-18(30(34,35)36)24(20)38-26(15)40/h3-10H,1-2H3. The molecule has 0 saturated carbocycles.